The van der Waals surface area contributed by atoms with Gasteiger partial charge in [-0.15, -0.1) is 0 Å². The van der Waals surface area contributed by atoms with E-state index in [9.17, 15) is 4.79 Å². The van der Waals surface area contributed by atoms with Gasteiger partial charge in [0.1, 0.15) is 5.75 Å². The Bertz CT molecular complexity index is 1310. The van der Waals surface area contributed by atoms with Gasteiger partial charge >= 0.3 is 0 Å². The summed E-state index contributed by atoms with van der Waals surface area (Å²) in [7, 11) is 0. The van der Waals surface area contributed by atoms with Crippen LogP contribution in [0.3, 0.4) is 0 Å². The molecule has 0 atom stereocenters. The standard InChI is InChI=1S/C28H32N4O3/c1-6-22-15-26(30-28-27(22)20(5)31-32(28)23-11-7-19(4)8-12-23)34-17-25(33)29-16-21-9-13-24(14-10-21)35-18(2)3/h7-15,18H,6,16-17H2,1-5H3,(H,29,33). The number of carbonyl (C=O) groups excluding carboxylic acids is 1. The van der Waals surface area contributed by atoms with E-state index in [0.717, 1.165) is 45.7 Å². The molecule has 1 amide bonds. The molecule has 2 aromatic carbocycles. The van der Waals surface area contributed by atoms with Gasteiger partial charge in [-0.25, -0.2) is 4.68 Å². The second-order valence-corrected chi connectivity index (χ2v) is 8.88. The highest BCUT2D eigenvalue weighted by atomic mass is 16.5. The van der Waals surface area contributed by atoms with Crippen LogP contribution < -0.4 is 14.8 Å². The Labute approximate surface area is 206 Å². The largest absolute Gasteiger partial charge is 0.491 e. The zero-order valence-corrected chi connectivity index (χ0v) is 21.0. The zero-order chi connectivity index (χ0) is 24.9. The number of fused-ring (bicyclic) bond motifs is 1. The normalized spacial score (nSPS) is 11.1. The third-order valence-corrected chi connectivity index (χ3v) is 5.67. The van der Waals surface area contributed by atoms with Crippen LogP contribution in [0, 0.1) is 13.8 Å². The van der Waals surface area contributed by atoms with Crippen molar-refractivity contribution < 1.29 is 14.3 Å². The van der Waals surface area contributed by atoms with Crippen molar-refractivity contribution >= 4 is 16.9 Å². The van der Waals surface area contributed by atoms with Crippen LogP contribution in [0.1, 0.15) is 43.2 Å². The lowest BCUT2D eigenvalue weighted by atomic mass is 10.1. The van der Waals surface area contributed by atoms with E-state index in [1.54, 1.807) is 0 Å². The van der Waals surface area contributed by atoms with E-state index >= 15 is 0 Å². The monoisotopic (exact) mass is 472 g/mol. The molecule has 0 radical (unpaired) electrons. The Morgan fingerprint density at radius 3 is 2.43 bits per heavy atom. The molecule has 2 aromatic heterocycles. The second-order valence-electron chi connectivity index (χ2n) is 8.88. The molecule has 35 heavy (non-hydrogen) atoms. The fourth-order valence-corrected chi connectivity index (χ4v) is 3.92. The maximum atomic E-state index is 12.4. The van der Waals surface area contributed by atoms with Gasteiger partial charge in [0, 0.05) is 18.0 Å². The van der Waals surface area contributed by atoms with Crippen molar-refractivity contribution in [3.8, 4) is 17.3 Å². The quantitative estimate of drug-likeness (QED) is 0.367. The van der Waals surface area contributed by atoms with Gasteiger partial charge in [0.25, 0.3) is 5.91 Å². The lowest BCUT2D eigenvalue weighted by molar-refractivity contribution is -0.123. The average molecular weight is 473 g/mol. The Morgan fingerprint density at radius 1 is 1.06 bits per heavy atom. The maximum Gasteiger partial charge on any atom is 0.258 e. The molecule has 0 saturated carbocycles. The lowest BCUT2D eigenvalue weighted by Crippen LogP contribution is -2.28. The van der Waals surface area contributed by atoms with Gasteiger partial charge in [0.15, 0.2) is 12.3 Å². The number of nitrogens with one attached hydrogen (secondary N) is 1. The van der Waals surface area contributed by atoms with Crippen molar-refractivity contribution in [2.24, 2.45) is 0 Å². The van der Waals surface area contributed by atoms with Crippen molar-refractivity contribution in [2.75, 3.05) is 6.61 Å². The maximum absolute atomic E-state index is 12.4. The summed E-state index contributed by atoms with van der Waals surface area (Å²) in [5, 5.41) is 8.64. The SMILES string of the molecule is CCc1cc(OCC(=O)NCc2ccc(OC(C)C)cc2)nc2c1c(C)nn2-c1ccc(C)cc1. The van der Waals surface area contributed by atoms with Crippen LogP contribution in [0.25, 0.3) is 16.7 Å². The number of ether oxygens (including phenoxy) is 2. The minimum atomic E-state index is -0.212. The summed E-state index contributed by atoms with van der Waals surface area (Å²) in [6, 6.07) is 17.7. The van der Waals surface area contributed by atoms with E-state index in [-0.39, 0.29) is 18.6 Å². The molecule has 2 heterocycles. The number of pyridine rings is 1. The smallest absolute Gasteiger partial charge is 0.258 e. The van der Waals surface area contributed by atoms with E-state index in [0.29, 0.717) is 12.4 Å². The number of aromatic nitrogens is 3. The molecule has 0 aliphatic carbocycles. The lowest BCUT2D eigenvalue weighted by Gasteiger charge is -2.11. The molecule has 0 unspecified atom stereocenters. The van der Waals surface area contributed by atoms with E-state index in [2.05, 4.69) is 31.3 Å². The topological polar surface area (TPSA) is 78.3 Å². The van der Waals surface area contributed by atoms with Crippen molar-refractivity contribution in [1.82, 2.24) is 20.1 Å². The number of aryl methyl sites for hydroxylation is 3. The average Bonchev–Trinajstić information content (AvgIpc) is 3.18. The predicted molar refractivity (Wildman–Crippen MR) is 137 cm³/mol. The van der Waals surface area contributed by atoms with E-state index < -0.39 is 0 Å². The van der Waals surface area contributed by atoms with Crippen LogP contribution >= 0.6 is 0 Å². The molecule has 0 aliphatic rings. The number of rotatable bonds is 9. The number of carbonyl (C=O) groups is 1. The summed E-state index contributed by atoms with van der Waals surface area (Å²) in [6.45, 7) is 10.4. The highest BCUT2D eigenvalue weighted by molar-refractivity contribution is 5.84. The van der Waals surface area contributed by atoms with Crippen LogP contribution in [-0.2, 0) is 17.8 Å². The van der Waals surface area contributed by atoms with Crippen molar-refractivity contribution in [2.45, 2.75) is 53.7 Å². The first-order valence-electron chi connectivity index (χ1n) is 12.0. The molecular weight excluding hydrogens is 440 g/mol. The number of amides is 1. The highest BCUT2D eigenvalue weighted by Crippen LogP contribution is 2.27. The summed E-state index contributed by atoms with van der Waals surface area (Å²) >= 11 is 0. The van der Waals surface area contributed by atoms with Crippen molar-refractivity contribution in [3.05, 3.63) is 77.0 Å². The molecular formula is C28H32N4O3. The van der Waals surface area contributed by atoms with Crippen LogP contribution in [0.15, 0.2) is 54.6 Å². The van der Waals surface area contributed by atoms with Crippen LogP contribution in [0.2, 0.25) is 0 Å². The Hall–Kier alpha value is -3.87. The second kappa shape index (κ2) is 10.6. The Balaban J connectivity index is 1.45. The first kappa shape index (κ1) is 24.3. The van der Waals surface area contributed by atoms with Crippen LogP contribution in [0.4, 0.5) is 0 Å². The van der Waals surface area contributed by atoms with Crippen molar-refractivity contribution in [3.63, 3.8) is 0 Å². The summed E-state index contributed by atoms with van der Waals surface area (Å²) in [5.41, 5.74) is 5.83. The summed E-state index contributed by atoms with van der Waals surface area (Å²) in [6.07, 6.45) is 0.927. The summed E-state index contributed by atoms with van der Waals surface area (Å²) in [4.78, 5) is 17.1. The van der Waals surface area contributed by atoms with Gasteiger partial charge in [-0.2, -0.15) is 10.1 Å². The minimum absolute atomic E-state index is 0.117. The molecule has 7 heteroatoms. The number of hydrogen-bond donors (Lipinski definition) is 1. The van der Waals surface area contributed by atoms with E-state index in [1.165, 1.54) is 5.56 Å². The molecule has 182 valence electrons. The van der Waals surface area contributed by atoms with Gasteiger partial charge in [0.2, 0.25) is 5.88 Å². The molecule has 7 nitrogen and oxygen atoms in total. The summed E-state index contributed by atoms with van der Waals surface area (Å²) in [5.74, 6) is 1.01. The van der Waals surface area contributed by atoms with Crippen LogP contribution in [-0.4, -0.2) is 33.4 Å². The van der Waals surface area contributed by atoms with Gasteiger partial charge in [-0.3, -0.25) is 4.79 Å². The fraction of sp³-hybridized carbons (Fsp3) is 0.321. The molecule has 0 saturated heterocycles. The molecule has 0 bridgehead atoms. The third kappa shape index (κ3) is 5.80. The molecule has 4 aromatic rings. The molecule has 0 spiro atoms. The first-order chi connectivity index (χ1) is 16.8. The number of hydrogen-bond acceptors (Lipinski definition) is 5. The Kier molecular flexibility index (Phi) is 7.34. The van der Waals surface area contributed by atoms with Crippen LogP contribution in [0.5, 0.6) is 11.6 Å². The number of benzene rings is 2. The van der Waals surface area contributed by atoms with E-state index in [4.69, 9.17) is 19.6 Å². The molecule has 4 rings (SSSR count). The van der Waals surface area contributed by atoms with Gasteiger partial charge in [0.05, 0.1) is 17.5 Å². The molecule has 0 aliphatic heterocycles. The zero-order valence-electron chi connectivity index (χ0n) is 21.0. The van der Waals surface area contributed by atoms with Gasteiger partial charge < -0.3 is 14.8 Å². The first-order valence-corrected chi connectivity index (χ1v) is 12.0. The highest BCUT2D eigenvalue weighted by Gasteiger charge is 2.16. The predicted octanol–water partition coefficient (Wildman–Crippen LogP) is 5.08. The molecule has 0 fully saturated rings. The minimum Gasteiger partial charge on any atom is -0.491 e. The van der Waals surface area contributed by atoms with E-state index in [1.807, 2.05) is 67.9 Å². The van der Waals surface area contributed by atoms with Gasteiger partial charge in [-0.05, 0) is 69.5 Å². The summed E-state index contributed by atoms with van der Waals surface area (Å²) < 4.78 is 13.3. The molecule has 1 N–H and O–H groups in total. The third-order valence-electron chi connectivity index (χ3n) is 5.67. The van der Waals surface area contributed by atoms with Gasteiger partial charge in [-0.1, -0.05) is 36.8 Å². The fourth-order valence-electron chi connectivity index (χ4n) is 3.92. The van der Waals surface area contributed by atoms with Crippen molar-refractivity contribution in [1.29, 1.82) is 0 Å². The Morgan fingerprint density at radius 2 is 1.77 bits per heavy atom. The number of nitrogens with zero attached hydrogens (tertiary/aromatic N) is 3.